The molecular weight excluding hydrogens is 328 g/mol. The molecule has 1 fully saturated rings. The van der Waals surface area contributed by atoms with Crippen molar-refractivity contribution in [1.82, 2.24) is 14.9 Å². The topological polar surface area (TPSA) is 67.3 Å². The first-order valence-electron chi connectivity index (χ1n) is 9.03. The van der Waals surface area contributed by atoms with Crippen LogP contribution in [0.4, 0.5) is 10.5 Å². The minimum Gasteiger partial charge on any atom is -0.458 e. The highest BCUT2D eigenvalue weighted by molar-refractivity contribution is 5.89. The molecule has 0 saturated carbocycles. The van der Waals surface area contributed by atoms with E-state index in [-0.39, 0.29) is 12.1 Å². The van der Waals surface area contributed by atoms with E-state index >= 15 is 0 Å². The summed E-state index contributed by atoms with van der Waals surface area (Å²) in [5.74, 6) is 0. The second-order valence-corrected chi connectivity index (χ2v) is 6.99. The number of benzene rings is 1. The molecule has 0 aliphatic carbocycles. The van der Waals surface area contributed by atoms with Gasteiger partial charge in [0, 0.05) is 23.6 Å². The molecule has 6 heteroatoms. The van der Waals surface area contributed by atoms with Crippen molar-refractivity contribution in [2.24, 2.45) is 0 Å². The van der Waals surface area contributed by atoms with Crippen molar-refractivity contribution in [3.63, 3.8) is 0 Å². The molecule has 2 heterocycles. The van der Waals surface area contributed by atoms with Crippen LogP contribution in [0, 0.1) is 27.7 Å². The fraction of sp³-hybridized carbons (Fsp3) is 0.450. The Morgan fingerprint density at radius 1 is 1.12 bits per heavy atom. The number of urea groups is 1. The molecule has 1 N–H and O–H groups in total. The number of hydrogen-bond donors (Lipinski definition) is 1. The number of piperidine rings is 1. The molecule has 1 aromatic carbocycles. The Morgan fingerprint density at radius 3 is 2.54 bits per heavy atom. The molecule has 26 heavy (non-hydrogen) atoms. The highest BCUT2D eigenvalue weighted by atomic mass is 16.5. The van der Waals surface area contributed by atoms with Gasteiger partial charge in [0.05, 0.1) is 6.54 Å². The second-order valence-electron chi connectivity index (χ2n) is 6.99. The maximum Gasteiger partial charge on any atom is 0.321 e. The first-order chi connectivity index (χ1) is 12.4. The minimum atomic E-state index is -0.0945. The smallest absolute Gasteiger partial charge is 0.321 e. The summed E-state index contributed by atoms with van der Waals surface area (Å²) in [5.41, 5.74) is 4.96. The summed E-state index contributed by atoms with van der Waals surface area (Å²) in [5, 5.41) is 2.98. The highest BCUT2D eigenvalue weighted by Crippen LogP contribution is 2.19. The average molecular weight is 354 g/mol. The van der Waals surface area contributed by atoms with Gasteiger partial charge in [0.2, 0.25) is 0 Å². The van der Waals surface area contributed by atoms with Gasteiger partial charge in [0.25, 0.3) is 0 Å². The SMILES string of the molecule is Cc1cc(C)nc(OC2CCCN(C(=O)Nc3ccc(C)c(C)c3)C2)n1. The molecule has 1 aliphatic rings. The number of rotatable bonds is 3. The van der Waals surface area contributed by atoms with E-state index in [0.717, 1.165) is 42.0 Å². The second kappa shape index (κ2) is 7.72. The molecule has 1 aromatic heterocycles. The van der Waals surface area contributed by atoms with E-state index in [1.165, 1.54) is 5.56 Å². The molecule has 3 rings (SSSR count). The summed E-state index contributed by atoms with van der Waals surface area (Å²) >= 11 is 0. The largest absolute Gasteiger partial charge is 0.458 e. The molecule has 1 atom stereocenters. The first-order valence-corrected chi connectivity index (χ1v) is 9.03. The van der Waals surface area contributed by atoms with Gasteiger partial charge >= 0.3 is 12.0 Å². The van der Waals surface area contributed by atoms with Gasteiger partial charge in [-0.15, -0.1) is 0 Å². The van der Waals surface area contributed by atoms with Crippen LogP contribution in [0.25, 0.3) is 0 Å². The lowest BCUT2D eigenvalue weighted by molar-refractivity contribution is 0.0980. The molecule has 0 radical (unpaired) electrons. The third kappa shape index (κ3) is 4.50. The van der Waals surface area contributed by atoms with Gasteiger partial charge in [-0.25, -0.2) is 14.8 Å². The summed E-state index contributed by atoms with van der Waals surface area (Å²) in [4.78, 5) is 23.1. The van der Waals surface area contributed by atoms with Gasteiger partial charge in [-0.1, -0.05) is 6.07 Å². The number of aromatic nitrogens is 2. The third-order valence-corrected chi connectivity index (χ3v) is 4.66. The lowest BCUT2D eigenvalue weighted by Gasteiger charge is -2.32. The highest BCUT2D eigenvalue weighted by Gasteiger charge is 2.25. The zero-order chi connectivity index (χ0) is 18.7. The average Bonchev–Trinajstić information content (AvgIpc) is 2.57. The predicted molar refractivity (Wildman–Crippen MR) is 102 cm³/mol. The maximum absolute atomic E-state index is 12.6. The van der Waals surface area contributed by atoms with E-state index in [0.29, 0.717) is 12.6 Å². The number of nitrogens with one attached hydrogen (secondary N) is 1. The van der Waals surface area contributed by atoms with Gasteiger partial charge in [-0.2, -0.15) is 0 Å². The zero-order valence-corrected chi connectivity index (χ0v) is 15.9. The van der Waals surface area contributed by atoms with Crippen LogP contribution >= 0.6 is 0 Å². The Balaban J connectivity index is 1.62. The van der Waals surface area contributed by atoms with Crippen LogP contribution in [-0.4, -0.2) is 40.1 Å². The number of amides is 2. The van der Waals surface area contributed by atoms with Crippen LogP contribution in [0.5, 0.6) is 6.01 Å². The number of ether oxygens (including phenoxy) is 1. The molecule has 1 unspecified atom stereocenters. The van der Waals surface area contributed by atoms with E-state index < -0.39 is 0 Å². The summed E-state index contributed by atoms with van der Waals surface area (Å²) < 4.78 is 5.94. The van der Waals surface area contributed by atoms with Crippen molar-refractivity contribution in [3.05, 3.63) is 46.8 Å². The van der Waals surface area contributed by atoms with E-state index in [4.69, 9.17) is 4.74 Å². The van der Waals surface area contributed by atoms with Gasteiger partial charge in [-0.05, 0) is 69.9 Å². The fourth-order valence-corrected chi connectivity index (χ4v) is 3.14. The Hall–Kier alpha value is -2.63. The van der Waals surface area contributed by atoms with Crippen LogP contribution in [0.3, 0.4) is 0 Å². The van der Waals surface area contributed by atoms with Crippen molar-refractivity contribution in [3.8, 4) is 6.01 Å². The quantitative estimate of drug-likeness (QED) is 0.911. The molecule has 0 spiro atoms. The number of likely N-dealkylation sites (tertiary alicyclic amines) is 1. The van der Waals surface area contributed by atoms with Gasteiger partial charge in [0.15, 0.2) is 0 Å². The Labute approximate surface area is 154 Å². The Bertz CT molecular complexity index is 786. The Kier molecular flexibility index (Phi) is 5.40. The number of aryl methyl sites for hydroxylation is 4. The number of hydrogen-bond acceptors (Lipinski definition) is 4. The molecule has 1 aliphatic heterocycles. The van der Waals surface area contributed by atoms with Crippen LogP contribution < -0.4 is 10.1 Å². The van der Waals surface area contributed by atoms with E-state index in [9.17, 15) is 4.79 Å². The van der Waals surface area contributed by atoms with E-state index in [1.54, 1.807) is 4.90 Å². The molecule has 138 valence electrons. The van der Waals surface area contributed by atoms with E-state index in [1.807, 2.05) is 45.0 Å². The van der Waals surface area contributed by atoms with Crippen LogP contribution in [0.1, 0.15) is 35.4 Å². The van der Waals surface area contributed by atoms with Crippen molar-refractivity contribution in [1.29, 1.82) is 0 Å². The van der Waals surface area contributed by atoms with Crippen molar-refractivity contribution < 1.29 is 9.53 Å². The van der Waals surface area contributed by atoms with Gasteiger partial charge in [-0.3, -0.25) is 0 Å². The number of carbonyl (C=O) groups excluding carboxylic acids is 1. The predicted octanol–water partition coefficient (Wildman–Crippen LogP) is 3.79. The minimum absolute atomic E-state index is 0.0875. The third-order valence-electron chi connectivity index (χ3n) is 4.66. The van der Waals surface area contributed by atoms with Crippen molar-refractivity contribution in [2.75, 3.05) is 18.4 Å². The lowest BCUT2D eigenvalue weighted by Crippen LogP contribution is -2.46. The zero-order valence-electron chi connectivity index (χ0n) is 15.9. The normalized spacial score (nSPS) is 17.1. The molecule has 2 amide bonds. The first kappa shape index (κ1) is 18.2. The van der Waals surface area contributed by atoms with Gasteiger partial charge in [0.1, 0.15) is 6.10 Å². The molecule has 6 nitrogen and oxygen atoms in total. The van der Waals surface area contributed by atoms with Crippen LogP contribution in [-0.2, 0) is 0 Å². The van der Waals surface area contributed by atoms with Gasteiger partial charge < -0.3 is 15.0 Å². The summed E-state index contributed by atoms with van der Waals surface area (Å²) in [6.45, 7) is 9.21. The monoisotopic (exact) mass is 354 g/mol. The summed E-state index contributed by atoms with van der Waals surface area (Å²) in [6, 6.07) is 8.16. The molecular formula is C20H26N4O2. The molecule has 2 aromatic rings. The molecule has 0 bridgehead atoms. The standard InChI is InChI=1S/C20H26N4O2/c1-13-7-8-17(10-14(13)2)23-20(25)24-9-5-6-18(12-24)26-19-21-15(3)11-16(4)22-19/h7-8,10-11,18H,5-6,9,12H2,1-4H3,(H,23,25). The van der Waals surface area contributed by atoms with E-state index in [2.05, 4.69) is 22.2 Å². The lowest BCUT2D eigenvalue weighted by atomic mass is 10.1. The summed E-state index contributed by atoms with van der Waals surface area (Å²) in [6.07, 6.45) is 1.70. The summed E-state index contributed by atoms with van der Waals surface area (Å²) in [7, 11) is 0. The fourth-order valence-electron chi connectivity index (χ4n) is 3.14. The van der Waals surface area contributed by atoms with Crippen LogP contribution in [0.2, 0.25) is 0 Å². The van der Waals surface area contributed by atoms with Crippen molar-refractivity contribution >= 4 is 11.7 Å². The van der Waals surface area contributed by atoms with Crippen molar-refractivity contribution in [2.45, 2.75) is 46.6 Å². The Morgan fingerprint density at radius 2 is 1.85 bits per heavy atom. The number of nitrogens with zero attached hydrogens (tertiary/aromatic N) is 3. The number of carbonyl (C=O) groups is 1. The number of anilines is 1. The molecule has 1 saturated heterocycles. The van der Waals surface area contributed by atoms with Crippen LogP contribution in [0.15, 0.2) is 24.3 Å². The maximum atomic E-state index is 12.6.